The van der Waals surface area contributed by atoms with Gasteiger partial charge in [-0.1, -0.05) is 0 Å². The van der Waals surface area contributed by atoms with E-state index in [2.05, 4.69) is 0 Å². The number of nitrogens with zero attached hydrogens (tertiary/aromatic N) is 4. The molecule has 0 aromatic carbocycles. The molecule has 0 spiro atoms. The van der Waals surface area contributed by atoms with Crippen molar-refractivity contribution in [1.29, 1.82) is 0 Å². The van der Waals surface area contributed by atoms with Crippen molar-refractivity contribution in [1.82, 2.24) is 19.6 Å². The minimum atomic E-state index is -0.359. The molecule has 4 aliphatic rings. The summed E-state index contributed by atoms with van der Waals surface area (Å²) < 4.78 is 0. The average Bonchev–Trinajstić information content (AvgIpc) is 3.57. The van der Waals surface area contributed by atoms with E-state index in [1.165, 1.54) is 0 Å². The first-order valence-electron chi connectivity index (χ1n) is 11.7. The Bertz CT molecular complexity index is 627. The predicted molar refractivity (Wildman–Crippen MR) is 110 cm³/mol. The molecule has 4 saturated heterocycles. The minimum Gasteiger partial charge on any atom is -0.341 e. The van der Waals surface area contributed by atoms with Gasteiger partial charge in [0.05, 0.1) is 0 Å². The zero-order valence-corrected chi connectivity index (χ0v) is 17.9. The van der Waals surface area contributed by atoms with Crippen molar-refractivity contribution < 1.29 is 19.2 Å². The van der Waals surface area contributed by atoms with Gasteiger partial charge >= 0.3 is 0 Å². The van der Waals surface area contributed by atoms with Gasteiger partial charge in [0.25, 0.3) is 0 Å². The smallest absolute Gasteiger partial charge is 0.245 e. The predicted octanol–water partition coefficient (Wildman–Crippen LogP) is 0.993. The van der Waals surface area contributed by atoms with E-state index in [1.807, 2.05) is 9.80 Å². The van der Waals surface area contributed by atoms with E-state index in [1.54, 1.807) is 9.80 Å². The van der Waals surface area contributed by atoms with Crippen molar-refractivity contribution in [3.8, 4) is 0 Å². The molecule has 4 amide bonds. The molecular formula is C22H34N4O4. The van der Waals surface area contributed by atoms with Crippen molar-refractivity contribution in [2.45, 2.75) is 76.3 Å². The highest BCUT2D eigenvalue weighted by Gasteiger charge is 2.39. The van der Waals surface area contributed by atoms with Crippen molar-refractivity contribution in [3.63, 3.8) is 0 Å². The van der Waals surface area contributed by atoms with E-state index in [0.717, 1.165) is 64.7 Å². The summed E-state index contributed by atoms with van der Waals surface area (Å²) in [5.74, 6) is -0.0824. The van der Waals surface area contributed by atoms with Crippen LogP contribution in [0.5, 0.6) is 0 Å². The molecule has 8 heteroatoms. The molecule has 0 unspecified atom stereocenters. The highest BCUT2D eigenvalue weighted by Crippen LogP contribution is 2.25. The van der Waals surface area contributed by atoms with E-state index in [4.69, 9.17) is 0 Å². The summed E-state index contributed by atoms with van der Waals surface area (Å²) >= 11 is 0. The maximum Gasteiger partial charge on any atom is 0.245 e. The summed E-state index contributed by atoms with van der Waals surface area (Å²) in [6.45, 7) is 4.34. The third kappa shape index (κ3) is 4.32. The zero-order chi connectivity index (χ0) is 21.1. The Hall–Kier alpha value is -2.12. The van der Waals surface area contributed by atoms with E-state index in [-0.39, 0.29) is 48.6 Å². The molecule has 4 heterocycles. The lowest BCUT2D eigenvalue weighted by Crippen LogP contribution is -2.48. The second-order valence-corrected chi connectivity index (χ2v) is 9.06. The van der Waals surface area contributed by atoms with Crippen molar-refractivity contribution in [3.05, 3.63) is 0 Å². The van der Waals surface area contributed by atoms with E-state index in [0.29, 0.717) is 25.9 Å². The van der Waals surface area contributed by atoms with Crippen LogP contribution in [-0.4, -0.2) is 94.6 Å². The van der Waals surface area contributed by atoms with Crippen LogP contribution in [0.3, 0.4) is 0 Å². The molecule has 4 fully saturated rings. The summed E-state index contributed by atoms with van der Waals surface area (Å²) in [7, 11) is 0. The Kier molecular flexibility index (Phi) is 6.58. The van der Waals surface area contributed by atoms with Crippen LogP contribution < -0.4 is 0 Å². The van der Waals surface area contributed by atoms with Gasteiger partial charge in [0, 0.05) is 52.1 Å². The maximum absolute atomic E-state index is 12.8. The van der Waals surface area contributed by atoms with Gasteiger partial charge in [-0.05, 0) is 51.4 Å². The second kappa shape index (κ2) is 9.35. The number of amides is 4. The highest BCUT2D eigenvalue weighted by molar-refractivity contribution is 5.92. The fourth-order valence-electron chi connectivity index (χ4n) is 5.44. The molecule has 8 nitrogen and oxygen atoms in total. The highest BCUT2D eigenvalue weighted by atomic mass is 16.2. The Morgan fingerprint density at radius 3 is 1.27 bits per heavy atom. The van der Waals surface area contributed by atoms with E-state index >= 15 is 0 Å². The monoisotopic (exact) mass is 418 g/mol. The first-order chi connectivity index (χ1) is 14.6. The molecule has 0 aliphatic carbocycles. The lowest BCUT2D eigenvalue weighted by atomic mass is 10.1. The van der Waals surface area contributed by atoms with Gasteiger partial charge in [-0.15, -0.1) is 0 Å². The lowest BCUT2D eigenvalue weighted by molar-refractivity contribution is -0.146. The quantitative estimate of drug-likeness (QED) is 0.667. The Balaban J connectivity index is 1.30. The standard InChI is InChI=1S/C22H34N4O4/c27-19(25-15-5-7-17(25)21(29)23-11-1-2-12-23)9-10-20(28)26-16-6-8-18(26)22(30)24-13-3-4-14-24/h17-18H,1-16H2/t17-,18-/m0/s1. The third-order valence-electron chi connectivity index (χ3n) is 7.10. The normalized spacial score (nSPS) is 26.7. The molecule has 0 radical (unpaired) electrons. The van der Waals surface area contributed by atoms with Crippen LogP contribution in [0.1, 0.15) is 64.2 Å². The summed E-state index contributed by atoms with van der Waals surface area (Å²) in [4.78, 5) is 58.3. The molecule has 0 aromatic heterocycles. The van der Waals surface area contributed by atoms with Gasteiger partial charge in [0.2, 0.25) is 23.6 Å². The molecule has 0 N–H and O–H groups in total. The van der Waals surface area contributed by atoms with Crippen LogP contribution in [0.2, 0.25) is 0 Å². The SMILES string of the molecule is O=C([C@@H]1CCCN1C(=O)CCC(=O)N1CCC[C@H]1C(=O)N1CCCC1)N1CCCC1. The van der Waals surface area contributed by atoms with Gasteiger partial charge in [-0.2, -0.15) is 0 Å². The first kappa shape index (κ1) is 21.1. The molecule has 0 bridgehead atoms. The number of hydrogen-bond acceptors (Lipinski definition) is 4. The maximum atomic E-state index is 12.8. The van der Waals surface area contributed by atoms with Crippen LogP contribution in [0, 0.1) is 0 Å². The molecule has 0 saturated carbocycles. The zero-order valence-electron chi connectivity index (χ0n) is 17.9. The summed E-state index contributed by atoms with van der Waals surface area (Å²) in [6, 6.07) is -0.719. The molecule has 4 rings (SSSR count). The van der Waals surface area contributed by atoms with Crippen LogP contribution >= 0.6 is 0 Å². The van der Waals surface area contributed by atoms with Crippen molar-refractivity contribution in [2.75, 3.05) is 39.3 Å². The number of hydrogen-bond donors (Lipinski definition) is 0. The molecule has 2 atom stereocenters. The fraction of sp³-hybridized carbons (Fsp3) is 0.818. The average molecular weight is 419 g/mol. The van der Waals surface area contributed by atoms with Gasteiger partial charge in [-0.3, -0.25) is 19.2 Å². The molecule has 4 aliphatic heterocycles. The van der Waals surface area contributed by atoms with Crippen molar-refractivity contribution in [2.24, 2.45) is 0 Å². The molecular weight excluding hydrogens is 384 g/mol. The van der Waals surface area contributed by atoms with E-state index in [9.17, 15) is 19.2 Å². The van der Waals surface area contributed by atoms with Gasteiger partial charge < -0.3 is 19.6 Å². The number of likely N-dealkylation sites (tertiary alicyclic amines) is 4. The molecule has 166 valence electrons. The van der Waals surface area contributed by atoms with Gasteiger partial charge in [0.15, 0.2) is 0 Å². The van der Waals surface area contributed by atoms with Crippen LogP contribution in [0.25, 0.3) is 0 Å². The summed E-state index contributed by atoms with van der Waals surface area (Å²) in [6.07, 6.45) is 7.48. The summed E-state index contributed by atoms with van der Waals surface area (Å²) in [5, 5.41) is 0. The van der Waals surface area contributed by atoms with Gasteiger partial charge in [-0.25, -0.2) is 0 Å². The Morgan fingerprint density at radius 1 is 0.533 bits per heavy atom. The number of carbonyl (C=O) groups is 4. The molecule has 30 heavy (non-hydrogen) atoms. The number of carbonyl (C=O) groups excluding carboxylic acids is 4. The Morgan fingerprint density at radius 2 is 0.900 bits per heavy atom. The first-order valence-corrected chi connectivity index (χ1v) is 11.7. The fourth-order valence-corrected chi connectivity index (χ4v) is 5.44. The van der Waals surface area contributed by atoms with Crippen LogP contribution in [-0.2, 0) is 19.2 Å². The lowest BCUT2D eigenvalue weighted by Gasteiger charge is -2.29. The Labute approximate surface area is 178 Å². The minimum absolute atomic E-state index is 0.0699. The van der Waals surface area contributed by atoms with Crippen LogP contribution in [0.15, 0.2) is 0 Å². The van der Waals surface area contributed by atoms with Crippen LogP contribution in [0.4, 0.5) is 0 Å². The van der Waals surface area contributed by atoms with Gasteiger partial charge in [0.1, 0.15) is 12.1 Å². The third-order valence-corrected chi connectivity index (χ3v) is 7.10. The largest absolute Gasteiger partial charge is 0.341 e. The molecule has 0 aromatic rings. The van der Waals surface area contributed by atoms with E-state index < -0.39 is 0 Å². The second-order valence-electron chi connectivity index (χ2n) is 9.06. The summed E-state index contributed by atoms with van der Waals surface area (Å²) in [5.41, 5.74) is 0. The topological polar surface area (TPSA) is 81.2 Å². The number of rotatable bonds is 5. The van der Waals surface area contributed by atoms with Crippen molar-refractivity contribution >= 4 is 23.6 Å².